The Morgan fingerprint density at radius 1 is 1.30 bits per heavy atom. The van der Waals surface area contributed by atoms with Gasteiger partial charge in [-0.2, -0.15) is 0 Å². The molecule has 0 radical (unpaired) electrons. The second-order valence-electron chi connectivity index (χ2n) is 4.77. The lowest BCUT2D eigenvalue weighted by atomic mass is 10.1. The number of hydrogen-bond acceptors (Lipinski definition) is 3. The second-order valence-corrected chi connectivity index (χ2v) is 4.77. The average Bonchev–Trinajstić information content (AvgIpc) is 2.94. The number of para-hydroxylation sites is 1. The van der Waals surface area contributed by atoms with Gasteiger partial charge in [0.1, 0.15) is 0 Å². The van der Waals surface area contributed by atoms with Gasteiger partial charge < -0.3 is 10.1 Å². The first-order valence-corrected chi connectivity index (χ1v) is 7.21. The molecule has 1 aromatic carbocycles. The molecule has 0 fully saturated rings. The van der Waals surface area contributed by atoms with Crippen LogP contribution in [-0.2, 0) is 11.2 Å². The normalized spacial score (nSPS) is 10.7. The van der Waals surface area contributed by atoms with Gasteiger partial charge in [-0.1, -0.05) is 31.5 Å². The van der Waals surface area contributed by atoms with E-state index in [0.29, 0.717) is 0 Å². The van der Waals surface area contributed by atoms with Crippen LogP contribution in [0.1, 0.15) is 25.3 Å². The Morgan fingerprint density at radius 2 is 2.15 bits per heavy atom. The van der Waals surface area contributed by atoms with E-state index in [0.717, 1.165) is 31.9 Å². The van der Waals surface area contributed by atoms with E-state index in [4.69, 9.17) is 4.74 Å². The molecule has 0 atom stereocenters. The predicted molar refractivity (Wildman–Crippen MR) is 82.5 cm³/mol. The molecule has 0 unspecified atom stereocenters. The van der Waals surface area contributed by atoms with Crippen molar-refractivity contribution in [3.63, 3.8) is 0 Å². The minimum absolute atomic E-state index is 0.726. The molecule has 0 aliphatic carbocycles. The lowest BCUT2D eigenvalue weighted by molar-refractivity contribution is 0.202. The molecule has 2 rings (SSSR count). The number of benzene rings is 1. The fraction of sp³-hybridized carbons (Fsp3) is 0.438. The summed E-state index contributed by atoms with van der Waals surface area (Å²) in [5, 5.41) is 3.40. The zero-order valence-electron chi connectivity index (χ0n) is 12.3. The number of methoxy groups -OCH3 is 1. The fourth-order valence-corrected chi connectivity index (χ4v) is 2.17. The number of imidazole rings is 1. The lowest BCUT2D eigenvalue weighted by Crippen LogP contribution is -2.09. The number of rotatable bonds is 8. The van der Waals surface area contributed by atoms with E-state index < -0.39 is 0 Å². The highest BCUT2D eigenvalue weighted by atomic mass is 16.5. The number of anilines is 1. The molecule has 1 N–H and O–H groups in total. The van der Waals surface area contributed by atoms with Crippen LogP contribution in [0.15, 0.2) is 36.7 Å². The van der Waals surface area contributed by atoms with Crippen LogP contribution in [-0.4, -0.2) is 29.8 Å². The Labute approximate surface area is 120 Å². The first kappa shape index (κ1) is 14.6. The molecule has 108 valence electrons. The SMILES string of the molecule is CCCCNc1nccn1-c1ccccc1CCOC. The molecule has 0 aliphatic rings. The highest BCUT2D eigenvalue weighted by Crippen LogP contribution is 2.19. The van der Waals surface area contributed by atoms with E-state index in [1.807, 2.05) is 12.4 Å². The number of nitrogens with one attached hydrogen (secondary N) is 1. The van der Waals surface area contributed by atoms with Gasteiger partial charge in [0.05, 0.1) is 12.3 Å². The summed E-state index contributed by atoms with van der Waals surface area (Å²) in [6, 6.07) is 8.39. The number of nitrogens with zero attached hydrogens (tertiary/aromatic N) is 2. The Balaban J connectivity index is 2.20. The van der Waals surface area contributed by atoms with Crippen LogP contribution in [0.4, 0.5) is 5.95 Å². The molecule has 20 heavy (non-hydrogen) atoms. The summed E-state index contributed by atoms with van der Waals surface area (Å²) in [5.74, 6) is 0.906. The lowest BCUT2D eigenvalue weighted by Gasteiger charge is -2.13. The summed E-state index contributed by atoms with van der Waals surface area (Å²) >= 11 is 0. The fourth-order valence-electron chi connectivity index (χ4n) is 2.17. The Kier molecular flexibility index (Phi) is 5.62. The summed E-state index contributed by atoms with van der Waals surface area (Å²) in [4.78, 5) is 4.41. The van der Waals surface area contributed by atoms with Crippen LogP contribution in [0.2, 0.25) is 0 Å². The van der Waals surface area contributed by atoms with Crippen molar-refractivity contribution < 1.29 is 4.74 Å². The van der Waals surface area contributed by atoms with Gasteiger partial charge >= 0.3 is 0 Å². The van der Waals surface area contributed by atoms with Gasteiger partial charge in [0.2, 0.25) is 5.95 Å². The first-order chi connectivity index (χ1) is 9.86. The average molecular weight is 273 g/mol. The van der Waals surface area contributed by atoms with Crippen molar-refractivity contribution in [2.24, 2.45) is 0 Å². The molecule has 0 saturated heterocycles. The number of ether oxygens (including phenoxy) is 1. The standard InChI is InChI=1S/C16H23N3O/c1-3-4-10-17-16-18-11-12-19(16)15-8-6-5-7-14(15)9-13-20-2/h5-8,11-12H,3-4,9-10,13H2,1-2H3,(H,17,18). The molecule has 0 aliphatic heterocycles. The minimum Gasteiger partial charge on any atom is -0.384 e. The van der Waals surface area contributed by atoms with Crippen molar-refractivity contribution in [3.8, 4) is 5.69 Å². The van der Waals surface area contributed by atoms with Crippen LogP contribution >= 0.6 is 0 Å². The van der Waals surface area contributed by atoms with Crippen molar-refractivity contribution in [1.82, 2.24) is 9.55 Å². The van der Waals surface area contributed by atoms with E-state index >= 15 is 0 Å². The van der Waals surface area contributed by atoms with E-state index in [2.05, 4.69) is 46.1 Å². The van der Waals surface area contributed by atoms with Gasteiger partial charge in [0.25, 0.3) is 0 Å². The topological polar surface area (TPSA) is 39.1 Å². The molecule has 0 amide bonds. The van der Waals surface area contributed by atoms with Crippen LogP contribution in [0.3, 0.4) is 0 Å². The minimum atomic E-state index is 0.726. The monoisotopic (exact) mass is 273 g/mol. The van der Waals surface area contributed by atoms with Crippen molar-refractivity contribution >= 4 is 5.95 Å². The van der Waals surface area contributed by atoms with E-state index in [9.17, 15) is 0 Å². The molecule has 4 heteroatoms. The van der Waals surface area contributed by atoms with Gasteiger partial charge in [-0.15, -0.1) is 0 Å². The number of hydrogen-bond donors (Lipinski definition) is 1. The molecule has 0 bridgehead atoms. The van der Waals surface area contributed by atoms with Crippen molar-refractivity contribution in [1.29, 1.82) is 0 Å². The van der Waals surface area contributed by atoms with Crippen molar-refractivity contribution in [3.05, 3.63) is 42.2 Å². The van der Waals surface area contributed by atoms with Gasteiger partial charge in [-0.3, -0.25) is 4.57 Å². The molecular formula is C16H23N3O. The summed E-state index contributed by atoms with van der Waals surface area (Å²) < 4.78 is 7.30. The van der Waals surface area contributed by atoms with E-state index in [-0.39, 0.29) is 0 Å². The zero-order valence-corrected chi connectivity index (χ0v) is 12.3. The Morgan fingerprint density at radius 3 is 2.95 bits per heavy atom. The summed E-state index contributed by atoms with van der Waals surface area (Å²) in [6.07, 6.45) is 7.07. The highest BCUT2D eigenvalue weighted by molar-refractivity contribution is 5.47. The zero-order chi connectivity index (χ0) is 14.2. The summed E-state index contributed by atoms with van der Waals surface area (Å²) in [7, 11) is 1.73. The van der Waals surface area contributed by atoms with Crippen LogP contribution in [0.5, 0.6) is 0 Å². The van der Waals surface area contributed by atoms with Crippen molar-refractivity contribution in [2.75, 3.05) is 25.6 Å². The Hall–Kier alpha value is -1.81. The molecule has 2 aromatic rings. The Bertz CT molecular complexity index is 522. The molecule has 0 spiro atoms. The van der Waals surface area contributed by atoms with Crippen LogP contribution < -0.4 is 5.32 Å². The third-order valence-electron chi connectivity index (χ3n) is 3.28. The molecule has 1 aromatic heterocycles. The number of unbranched alkanes of at least 4 members (excludes halogenated alkanes) is 1. The first-order valence-electron chi connectivity index (χ1n) is 7.21. The third kappa shape index (κ3) is 3.61. The number of aromatic nitrogens is 2. The molecule has 0 saturated carbocycles. The summed E-state index contributed by atoms with van der Waals surface area (Å²) in [6.45, 7) is 3.87. The van der Waals surface area contributed by atoms with Gasteiger partial charge in [0, 0.05) is 26.0 Å². The highest BCUT2D eigenvalue weighted by Gasteiger charge is 2.08. The predicted octanol–water partition coefficient (Wildman–Crippen LogP) is 3.27. The van der Waals surface area contributed by atoms with E-state index in [1.165, 1.54) is 17.7 Å². The molecule has 1 heterocycles. The largest absolute Gasteiger partial charge is 0.384 e. The van der Waals surface area contributed by atoms with Crippen molar-refractivity contribution in [2.45, 2.75) is 26.2 Å². The van der Waals surface area contributed by atoms with E-state index in [1.54, 1.807) is 7.11 Å². The molecule has 4 nitrogen and oxygen atoms in total. The second kappa shape index (κ2) is 7.70. The van der Waals surface area contributed by atoms with Gasteiger partial charge in [0.15, 0.2) is 0 Å². The van der Waals surface area contributed by atoms with Crippen LogP contribution in [0, 0.1) is 0 Å². The summed E-state index contributed by atoms with van der Waals surface area (Å²) in [5.41, 5.74) is 2.44. The third-order valence-corrected chi connectivity index (χ3v) is 3.28. The maximum absolute atomic E-state index is 5.19. The maximum atomic E-state index is 5.19. The van der Waals surface area contributed by atoms with Gasteiger partial charge in [-0.05, 0) is 24.5 Å². The van der Waals surface area contributed by atoms with Crippen LogP contribution in [0.25, 0.3) is 5.69 Å². The quantitative estimate of drug-likeness (QED) is 0.750. The van der Waals surface area contributed by atoms with Gasteiger partial charge in [-0.25, -0.2) is 4.98 Å². The molecular weight excluding hydrogens is 250 g/mol. The maximum Gasteiger partial charge on any atom is 0.207 e. The smallest absolute Gasteiger partial charge is 0.207 e.